The van der Waals surface area contributed by atoms with Crippen molar-refractivity contribution in [3.63, 3.8) is 0 Å². The Balaban J connectivity index is 0.743. The first kappa shape index (κ1) is 49.9. The number of anilines is 2. The van der Waals surface area contributed by atoms with Crippen LogP contribution in [0.4, 0.5) is 16.3 Å². The zero-order valence-corrected chi connectivity index (χ0v) is 41.3. The Labute approximate surface area is 409 Å². The molecule has 4 saturated heterocycles. The number of amides is 4. The molecule has 16 nitrogen and oxygen atoms in total. The van der Waals surface area contributed by atoms with E-state index in [-0.39, 0.29) is 43.1 Å². The van der Waals surface area contributed by atoms with Gasteiger partial charge in [0.25, 0.3) is 0 Å². The number of hydrogen-bond acceptors (Lipinski definition) is 12. The minimum absolute atomic E-state index is 0.0322. The van der Waals surface area contributed by atoms with Gasteiger partial charge in [-0.2, -0.15) is 0 Å². The van der Waals surface area contributed by atoms with Gasteiger partial charge in [0.05, 0.1) is 17.5 Å². The van der Waals surface area contributed by atoms with Crippen molar-refractivity contribution in [2.75, 3.05) is 95.3 Å². The predicted octanol–water partition coefficient (Wildman–Crippen LogP) is 4.43. The second-order valence-corrected chi connectivity index (χ2v) is 21.0. The number of para-hydroxylation sites is 1. The standard InChI is InChI=1S/C53H75N11O5/c1-6-37-12-14-38(15-13-37)34-55-50(67)46-32-42(65)36-64(46)51(68)48(53(3,4)5)56-52(69)63-26-24-59(25-27-63)35-39-20-22-60(23-21-39)40-16-18-41(19-17-40)61-28-30-62(31-29-61)45-33-44(57-58-49(45)54-7-2)43-10-8-9-11-47(43)66/h1,8-15,33,39-42,46,48,65-66H,7,16-32,34-36H2,2-5H3,(H,54,58)(H,55,67)(H,56,69)/t40-,41-,42-,46+,48-/m1/s1. The molecule has 5 fully saturated rings. The number of aromatic nitrogens is 2. The first-order valence-corrected chi connectivity index (χ1v) is 25.5. The summed E-state index contributed by atoms with van der Waals surface area (Å²) in [6, 6.07) is 16.0. The third-order valence-electron chi connectivity index (χ3n) is 15.3. The number of piperazine rings is 2. The van der Waals surface area contributed by atoms with E-state index < -0.39 is 23.6 Å². The number of phenolic OH excluding ortho intramolecular Hbond substituents is 1. The molecule has 3 aromatic rings. The molecule has 5 heterocycles. The lowest BCUT2D eigenvalue weighted by Gasteiger charge is -2.46. The highest BCUT2D eigenvalue weighted by Crippen LogP contribution is 2.35. The largest absolute Gasteiger partial charge is 0.507 e. The SMILES string of the molecule is C#Cc1ccc(CNC(=O)[C@@H]2C[C@@H](O)CN2C(=O)[C@@H](NC(=O)N2CCN(CC3CCN([C@H]4CC[C@H](N5CCN(c6cc(-c7ccccc7O)nnc6NCC)CC5)CC4)CC3)CC2)C(C)(C)C)cc1. The van der Waals surface area contributed by atoms with E-state index in [1.165, 1.54) is 43.4 Å². The molecule has 16 heteroatoms. The van der Waals surface area contributed by atoms with E-state index in [2.05, 4.69) is 64.7 Å². The van der Waals surface area contributed by atoms with Gasteiger partial charge in [-0.1, -0.05) is 51.0 Å². The van der Waals surface area contributed by atoms with Crippen molar-refractivity contribution >= 4 is 29.4 Å². The lowest BCUT2D eigenvalue weighted by atomic mass is 9.85. The predicted molar refractivity (Wildman–Crippen MR) is 270 cm³/mol. The highest BCUT2D eigenvalue weighted by atomic mass is 16.3. The van der Waals surface area contributed by atoms with Crippen LogP contribution in [0.15, 0.2) is 54.6 Å². The maximum atomic E-state index is 14.2. The van der Waals surface area contributed by atoms with Gasteiger partial charge in [0.2, 0.25) is 11.8 Å². The molecule has 5 N–H and O–H groups in total. The Bertz CT molecular complexity index is 2250. The smallest absolute Gasteiger partial charge is 0.318 e. The number of likely N-dealkylation sites (tertiary alicyclic amines) is 2. The second-order valence-electron chi connectivity index (χ2n) is 21.0. The number of urea groups is 1. The van der Waals surface area contributed by atoms with Gasteiger partial charge in [0, 0.05) is 108 Å². The average Bonchev–Trinajstić information content (AvgIpc) is 3.77. The van der Waals surface area contributed by atoms with E-state index in [4.69, 9.17) is 6.42 Å². The summed E-state index contributed by atoms with van der Waals surface area (Å²) < 4.78 is 0. The number of aromatic hydroxyl groups is 1. The van der Waals surface area contributed by atoms with Gasteiger partial charge in [-0.15, -0.1) is 16.6 Å². The number of rotatable bonds is 13. The third kappa shape index (κ3) is 12.3. The van der Waals surface area contributed by atoms with Crippen LogP contribution in [-0.4, -0.2) is 178 Å². The number of terminal acetylenes is 1. The van der Waals surface area contributed by atoms with E-state index in [1.807, 2.05) is 68.1 Å². The van der Waals surface area contributed by atoms with Gasteiger partial charge in [-0.3, -0.25) is 19.4 Å². The number of aliphatic hydroxyl groups is 1. The van der Waals surface area contributed by atoms with Crippen LogP contribution < -0.4 is 20.9 Å². The Hall–Kier alpha value is -5.47. The third-order valence-corrected chi connectivity index (χ3v) is 15.3. The van der Waals surface area contributed by atoms with Crippen molar-refractivity contribution < 1.29 is 24.6 Å². The molecule has 4 aliphatic heterocycles. The molecule has 4 amide bonds. The maximum absolute atomic E-state index is 14.2. The van der Waals surface area contributed by atoms with Crippen LogP contribution in [0.1, 0.15) is 83.8 Å². The summed E-state index contributed by atoms with van der Waals surface area (Å²) in [7, 11) is 0. The van der Waals surface area contributed by atoms with Crippen molar-refractivity contribution in [3.05, 3.63) is 65.7 Å². The number of β-amino-alcohol motifs (C(OH)–C–C–N with tert-alkyl or cyclic N) is 1. The highest BCUT2D eigenvalue weighted by Gasteiger charge is 2.45. The lowest BCUT2D eigenvalue weighted by Crippen LogP contribution is -2.61. The molecule has 1 aliphatic carbocycles. The number of phenols is 1. The number of benzene rings is 2. The number of nitrogens with zero attached hydrogens (tertiary/aromatic N) is 8. The number of aliphatic hydroxyl groups excluding tert-OH is 1. The molecule has 0 unspecified atom stereocenters. The van der Waals surface area contributed by atoms with Crippen molar-refractivity contribution in [1.82, 2.24) is 45.3 Å². The van der Waals surface area contributed by atoms with Gasteiger partial charge >= 0.3 is 6.03 Å². The van der Waals surface area contributed by atoms with Crippen molar-refractivity contribution in [3.8, 4) is 29.4 Å². The Morgan fingerprint density at radius 3 is 2.12 bits per heavy atom. The minimum atomic E-state index is -0.878. The summed E-state index contributed by atoms with van der Waals surface area (Å²) in [5.74, 6) is 3.53. The molecule has 1 aromatic heterocycles. The van der Waals surface area contributed by atoms with E-state index in [9.17, 15) is 24.6 Å². The molecule has 0 bridgehead atoms. The van der Waals surface area contributed by atoms with E-state index in [0.717, 1.165) is 88.1 Å². The highest BCUT2D eigenvalue weighted by molar-refractivity contribution is 5.93. The van der Waals surface area contributed by atoms with Crippen LogP contribution in [0.5, 0.6) is 5.75 Å². The molecule has 1 saturated carbocycles. The number of piperidine rings is 1. The Kier molecular flexibility index (Phi) is 16.3. The summed E-state index contributed by atoms with van der Waals surface area (Å²) in [4.78, 5) is 55.0. The fourth-order valence-electron chi connectivity index (χ4n) is 11.2. The zero-order chi connectivity index (χ0) is 48.7. The number of carbonyl (C=O) groups is 3. The van der Waals surface area contributed by atoms with Crippen molar-refractivity contribution in [2.45, 2.75) is 109 Å². The average molecular weight is 946 g/mol. The minimum Gasteiger partial charge on any atom is -0.507 e. The topological polar surface area (TPSA) is 173 Å². The van der Waals surface area contributed by atoms with Crippen molar-refractivity contribution in [2.24, 2.45) is 11.3 Å². The van der Waals surface area contributed by atoms with Gasteiger partial charge in [-0.25, -0.2) is 4.79 Å². The second kappa shape index (κ2) is 22.5. The first-order chi connectivity index (χ1) is 33.3. The molecule has 69 heavy (non-hydrogen) atoms. The summed E-state index contributed by atoms with van der Waals surface area (Å²) in [5.41, 5.74) is 3.40. The molecule has 0 spiro atoms. The summed E-state index contributed by atoms with van der Waals surface area (Å²) in [6.07, 6.45) is 12.2. The fourth-order valence-corrected chi connectivity index (χ4v) is 11.2. The number of nitrogens with one attached hydrogen (secondary N) is 3. The van der Waals surface area contributed by atoms with Gasteiger partial charge in [0.1, 0.15) is 17.8 Å². The van der Waals surface area contributed by atoms with Gasteiger partial charge < -0.3 is 45.8 Å². The van der Waals surface area contributed by atoms with Crippen LogP contribution in [0, 0.1) is 23.7 Å². The quantitative estimate of drug-likeness (QED) is 0.153. The van der Waals surface area contributed by atoms with E-state index >= 15 is 0 Å². The molecule has 3 atom stereocenters. The normalized spacial score (nSPS) is 23.9. The fraction of sp³-hybridized carbons (Fsp3) is 0.604. The molecule has 0 radical (unpaired) electrons. The van der Waals surface area contributed by atoms with Crippen LogP contribution in [0.2, 0.25) is 0 Å². The lowest BCUT2D eigenvalue weighted by molar-refractivity contribution is -0.142. The molecule has 372 valence electrons. The summed E-state index contributed by atoms with van der Waals surface area (Å²) in [6.45, 7) is 18.9. The maximum Gasteiger partial charge on any atom is 0.318 e. The zero-order valence-electron chi connectivity index (χ0n) is 41.3. The summed E-state index contributed by atoms with van der Waals surface area (Å²) >= 11 is 0. The van der Waals surface area contributed by atoms with Gasteiger partial charge in [0.15, 0.2) is 5.82 Å². The Morgan fingerprint density at radius 2 is 1.49 bits per heavy atom. The molecule has 5 aliphatic rings. The van der Waals surface area contributed by atoms with Crippen LogP contribution in [0.25, 0.3) is 11.3 Å². The Morgan fingerprint density at radius 1 is 0.841 bits per heavy atom. The van der Waals surface area contributed by atoms with E-state index in [0.29, 0.717) is 42.3 Å². The van der Waals surface area contributed by atoms with Crippen LogP contribution in [-0.2, 0) is 16.1 Å². The van der Waals surface area contributed by atoms with Crippen LogP contribution >= 0.6 is 0 Å². The first-order valence-electron chi connectivity index (χ1n) is 25.5. The van der Waals surface area contributed by atoms with Crippen molar-refractivity contribution in [1.29, 1.82) is 0 Å². The number of hydrogen-bond donors (Lipinski definition) is 5. The molecular formula is C53H75N11O5. The molecule has 8 rings (SSSR count). The van der Waals surface area contributed by atoms with Gasteiger partial charge in [-0.05, 0) is 106 Å². The summed E-state index contributed by atoms with van der Waals surface area (Å²) in [5, 5.41) is 39.5. The molecular weight excluding hydrogens is 871 g/mol. The number of carbonyl (C=O) groups excluding carboxylic acids is 3. The monoisotopic (exact) mass is 946 g/mol. The van der Waals surface area contributed by atoms with Crippen LogP contribution in [0.3, 0.4) is 0 Å². The molecule has 2 aromatic carbocycles. The van der Waals surface area contributed by atoms with E-state index in [1.54, 1.807) is 6.07 Å².